The number of benzene rings is 1. The number of hydrogen-bond donors (Lipinski definition) is 1. The van der Waals surface area contributed by atoms with Crippen molar-refractivity contribution in [3.63, 3.8) is 0 Å². The van der Waals surface area contributed by atoms with E-state index in [0.717, 1.165) is 18.7 Å². The zero-order chi connectivity index (χ0) is 11.4. The van der Waals surface area contributed by atoms with Crippen LogP contribution in [0.5, 0.6) is 5.75 Å². The highest BCUT2D eigenvalue weighted by molar-refractivity contribution is 5.69. The lowest BCUT2D eigenvalue weighted by Crippen LogP contribution is -2.19. The summed E-state index contributed by atoms with van der Waals surface area (Å²) >= 11 is 0. The van der Waals surface area contributed by atoms with Crippen molar-refractivity contribution in [2.24, 2.45) is 0 Å². The van der Waals surface area contributed by atoms with Crippen LogP contribution >= 0.6 is 0 Å². The van der Waals surface area contributed by atoms with Gasteiger partial charge < -0.3 is 15.4 Å². The van der Waals surface area contributed by atoms with Gasteiger partial charge in [-0.15, -0.1) is 0 Å². The van der Waals surface area contributed by atoms with Crippen molar-refractivity contribution >= 4 is 11.4 Å². The number of rotatable bonds is 4. The summed E-state index contributed by atoms with van der Waals surface area (Å²) in [4.78, 5) is 1.98. The first-order valence-electron chi connectivity index (χ1n) is 4.94. The lowest BCUT2D eigenvalue weighted by Gasteiger charge is -2.21. The van der Waals surface area contributed by atoms with Gasteiger partial charge >= 0.3 is 0 Å². The van der Waals surface area contributed by atoms with Crippen LogP contribution in [0.4, 0.5) is 15.8 Å². The first-order valence-corrected chi connectivity index (χ1v) is 4.94. The normalized spacial score (nSPS) is 10.1. The average molecular weight is 212 g/mol. The molecule has 3 nitrogen and oxygen atoms in total. The number of methoxy groups -OCH3 is 1. The fourth-order valence-corrected chi connectivity index (χ4v) is 1.50. The van der Waals surface area contributed by atoms with Gasteiger partial charge in [0, 0.05) is 25.7 Å². The summed E-state index contributed by atoms with van der Waals surface area (Å²) in [7, 11) is 3.37. The summed E-state index contributed by atoms with van der Waals surface area (Å²) in [6.45, 7) is 2.95. The second-order valence-electron chi connectivity index (χ2n) is 3.47. The Bertz CT molecular complexity index is 342. The molecule has 0 radical (unpaired) electrons. The highest BCUT2D eigenvalue weighted by Gasteiger charge is 2.10. The Balaban J connectivity index is 3.06. The van der Waals surface area contributed by atoms with Crippen molar-refractivity contribution in [3.8, 4) is 5.75 Å². The second kappa shape index (κ2) is 4.87. The van der Waals surface area contributed by atoms with E-state index >= 15 is 0 Å². The van der Waals surface area contributed by atoms with Crippen molar-refractivity contribution in [1.82, 2.24) is 0 Å². The molecule has 4 heteroatoms. The summed E-state index contributed by atoms with van der Waals surface area (Å²) < 4.78 is 18.2. The number of nitrogens with zero attached hydrogens (tertiary/aromatic N) is 1. The van der Waals surface area contributed by atoms with Gasteiger partial charge in [-0.3, -0.25) is 0 Å². The summed E-state index contributed by atoms with van der Waals surface area (Å²) in [5, 5.41) is 0. The van der Waals surface area contributed by atoms with Gasteiger partial charge in [0.2, 0.25) is 0 Å². The first kappa shape index (κ1) is 11.6. The van der Waals surface area contributed by atoms with E-state index in [0.29, 0.717) is 5.69 Å². The predicted octanol–water partition coefficient (Wildman–Crippen LogP) is 2.26. The van der Waals surface area contributed by atoms with E-state index in [1.807, 2.05) is 11.9 Å². The molecular formula is C11H17FN2O. The fourth-order valence-electron chi connectivity index (χ4n) is 1.50. The molecule has 1 aromatic carbocycles. The largest absolute Gasteiger partial charge is 0.494 e. The number of nitrogen functional groups attached to an aromatic ring is 1. The third-order valence-electron chi connectivity index (χ3n) is 2.27. The summed E-state index contributed by atoms with van der Waals surface area (Å²) in [5.74, 6) is -0.203. The Kier molecular flexibility index (Phi) is 3.77. The average Bonchev–Trinajstić information content (AvgIpc) is 2.18. The maximum absolute atomic E-state index is 13.3. The molecule has 0 aromatic heterocycles. The molecule has 0 spiro atoms. The fraction of sp³-hybridized carbons (Fsp3) is 0.455. The Morgan fingerprint density at radius 3 is 2.67 bits per heavy atom. The van der Waals surface area contributed by atoms with E-state index in [9.17, 15) is 4.39 Å². The smallest absolute Gasteiger partial charge is 0.167 e. The maximum atomic E-state index is 13.3. The van der Waals surface area contributed by atoms with Crippen LogP contribution in [0.15, 0.2) is 12.1 Å². The van der Waals surface area contributed by atoms with E-state index in [-0.39, 0.29) is 5.75 Å². The predicted molar refractivity (Wildman–Crippen MR) is 60.9 cm³/mol. The van der Waals surface area contributed by atoms with Crippen LogP contribution in [0.2, 0.25) is 0 Å². The molecule has 0 aliphatic heterocycles. The van der Waals surface area contributed by atoms with Crippen LogP contribution in [0.1, 0.15) is 13.3 Å². The Hall–Kier alpha value is -1.45. The Morgan fingerprint density at radius 2 is 2.13 bits per heavy atom. The van der Waals surface area contributed by atoms with E-state index in [2.05, 4.69) is 6.92 Å². The topological polar surface area (TPSA) is 38.5 Å². The van der Waals surface area contributed by atoms with Crippen molar-refractivity contribution in [1.29, 1.82) is 0 Å². The number of anilines is 2. The molecule has 15 heavy (non-hydrogen) atoms. The molecule has 0 bridgehead atoms. The molecular weight excluding hydrogens is 195 g/mol. The lowest BCUT2D eigenvalue weighted by atomic mass is 10.2. The number of hydrogen-bond acceptors (Lipinski definition) is 3. The molecule has 0 aliphatic rings. The number of ether oxygens (including phenoxy) is 1. The second-order valence-corrected chi connectivity index (χ2v) is 3.47. The molecule has 0 saturated heterocycles. The van der Waals surface area contributed by atoms with Gasteiger partial charge in [0.25, 0.3) is 0 Å². The maximum Gasteiger partial charge on any atom is 0.167 e. The van der Waals surface area contributed by atoms with E-state index in [4.69, 9.17) is 10.5 Å². The highest BCUT2D eigenvalue weighted by atomic mass is 19.1. The highest BCUT2D eigenvalue weighted by Crippen LogP contribution is 2.30. The van der Waals surface area contributed by atoms with E-state index < -0.39 is 5.82 Å². The minimum atomic E-state index is -0.427. The number of nitrogens with two attached hydrogens (primary N) is 1. The van der Waals surface area contributed by atoms with Crippen LogP contribution in [0.25, 0.3) is 0 Å². The van der Waals surface area contributed by atoms with Crippen LogP contribution in [-0.4, -0.2) is 20.7 Å². The third-order valence-corrected chi connectivity index (χ3v) is 2.27. The molecule has 0 atom stereocenters. The summed E-state index contributed by atoms with van der Waals surface area (Å²) in [6.07, 6.45) is 1.01. The minimum Gasteiger partial charge on any atom is -0.494 e. The van der Waals surface area contributed by atoms with Crippen LogP contribution in [-0.2, 0) is 0 Å². The summed E-state index contributed by atoms with van der Waals surface area (Å²) in [6, 6.07) is 2.92. The molecule has 0 aliphatic carbocycles. The van der Waals surface area contributed by atoms with Gasteiger partial charge in [-0.2, -0.15) is 0 Å². The van der Waals surface area contributed by atoms with Crippen LogP contribution in [0.3, 0.4) is 0 Å². The molecule has 0 fully saturated rings. The minimum absolute atomic E-state index is 0.224. The molecule has 1 rings (SSSR count). The SMILES string of the molecule is CCCN(C)c1cc(OC)c(F)cc1N. The van der Waals surface area contributed by atoms with Gasteiger partial charge in [0.15, 0.2) is 11.6 Å². The van der Waals surface area contributed by atoms with Crippen molar-refractivity contribution in [2.45, 2.75) is 13.3 Å². The van der Waals surface area contributed by atoms with E-state index in [1.165, 1.54) is 13.2 Å². The van der Waals surface area contributed by atoms with Gasteiger partial charge in [-0.25, -0.2) is 4.39 Å². The molecule has 1 aromatic rings. The zero-order valence-electron chi connectivity index (χ0n) is 9.38. The molecule has 0 saturated carbocycles. The van der Waals surface area contributed by atoms with Crippen molar-refractivity contribution in [2.75, 3.05) is 31.3 Å². The molecule has 0 unspecified atom stereocenters. The third kappa shape index (κ3) is 2.52. The number of halogens is 1. The Labute approximate surface area is 89.6 Å². The van der Waals surface area contributed by atoms with Gasteiger partial charge in [-0.05, 0) is 6.42 Å². The Morgan fingerprint density at radius 1 is 1.47 bits per heavy atom. The molecule has 84 valence electrons. The van der Waals surface area contributed by atoms with Gasteiger partial charge in [-0.1, -0.05) is 6.92 Å². The lowest BCUT2D eigenvalue weighted by molar-refractivity contribution is 0.387. The van der Waals surface area contributed by atoms with Crippen molar-refractivity contribution in [3.05, 3.63) is 17.9 Å². The summed E-state index contributed by atoms with van der Waals surface area (Å²) in [5.41, 5.74) is 6.97. The standard InChI is InChI=1S/C11H17FN2O/c1-4-5-14(2)10-7-11(15-3)8(12)6-9(10)13/h6-7H,4-5,13H2,1-3H3. The van der Waals surface area contributed by atoms with Crippen LogP contribution in [0, 0.1) is 5.82 Å². The van der Waals surface area contributed by atoms with Gasteiger partial charge in [0.05, 0.1) is 18.5 Å². The zero-order valence-corrected chi connectivity index (χ0v) is 9.38. The first-order chi connectivity index (χ1) is 7.10. The molecule has 2 N–H and O–H groups in total. The monoisotopic (exact) mass is 212 g/mol. The van der Waals surface area contributed by atoms with Gasteiger partial charge in [0.1, 0.15) is 0 Å². The van der Waals surface area contributed by atoms with Crippen molar-refractivity contribution < 1.29 is 9.13 Å². The molecule has 0 amide bonds. The van der Waals surface area contributed by atoms with Crippen LogP contribution < -0.4 is 15.4 Å². The quantitative estimate of drug-likeness (QED) is 0.778. The molecule has 0 heterocycles. The van der Waals surface area contributed by atoms with E-state index in [1.54, 1.807) is 6.07 Å².